The molecular weight excluding hydrogens is 221 g/mol. The molecule has 0 aliphatic heterocycles. The minimum atomic E-state index is -5.65. The van der Waals surface area contributed by atoms with Crippen molar-refractivity contribution >= 4 is 10.1 Å². The van der Waals surface area contributed by atoms with Crippen molar-refractivity contribution in [2.24, 2.45) is 0 Å². The van der Waals surface area contributed by atoms with Crippen LogP contribution in [-0.2, 0) is 14.3 Å². The third kappa shape index (κ3) is 2.96. The molecule has 0 aromatic heterocycles. The molecule has 0 radical (unpaired) electrons. The van der Waals surface area contributed by atoms with Gasteiger partial charge in [0.1, 0.15) is 0 Å². The molecule has 0 bridgehead atoms. The van der Waals surface area contributed by atoms with E-state index in [2.05, 4.69) is 4.18 Å². The summed E-state index contributed by atoms with van der Waals surface area (Å²) in [4.78, 5) is 0. The van der Waals surface area contributed by atoms with Gasteiger partial charge in [-0.15, -0.1) is 6.42 Å². The monoisotopic (exact) mass is 228 g/mol. The summed E-state index contributed by atoms with van der Waals surface area (Å²) in [5.41, 5.74) is -5.30. The van der Waals surface area contributed by atoms with Gasteiger partial charge in [0.2, 0.25) is 0 Å². The molecule has 7 heteroatoms. The first-order valence-electron chi connectivity index (χ1n) is 3.26. The van der Waals surface area contributed by atoms with Crippen LogP contribution in [0.5, 0.6) is 0 Å². The van der Waals surface area contributed by atoms with Crippen LogP contribution in [0.15, 0.2) is 11.3 Å². The van der Waals surface area contributed by atoms with Gasteiger partial charge in [-0.05, 0) is 25.3 Å². The summed E-state index contributed by atoms with van der Waals surface area (Å²) >= 11 is 0. The average molecular weight is 228 g/mol. The van der Waals surface area contributed by atoms with Crippen LogP contribution >= 0.6 is 0 Å². The molecule has 14 heavy (non-hydrogen) atoms. The molecule has 0 rings (SSSR count). The van der Waals surface area contributed by atoms with Crippen LogP contribution in [0.4, 0.5) is 13.2 Å². The first-order valence-corrected chi connectivity index (χ1v) is 4.67. The van der Waals surface area contributed by atoms with Gasteiger partial charge in [0, 0.05) is 0 Å². The molecule has 0 saturated heterocycles. The number of hydrogen-bond donors (Lipinski definition) is 0. The maximum absolute atomic E-state index is 11.8. The molecule has 0 saturated carbocycles. The number of terminal acetylenes is 1. The zero-order valence-corrected chi connectivity index (χ0v) is 8.16. The highest BCUT2D eigenvalue weighted by Crippen LogP contribution is 2.26. The van der Waals surface area contributed by atoms with Gasteiger partial charge in [-0.25, -0.2) is 0 Å². The first kappa shape index (κ1) is 12.8. The molecule has 0 aromatic carbocycles. The van der Waals surface area contributed by atoms with Gasteiger partial charge in [0.05, 0.1) is 0 Å². The lowest BCUT2D eigenvalue weighted by Gasteiger charge is -2.09. The molecule has 0 amide bonds. The van der Waals surface area contributed by atoms with E-state index >= 15 is 0 Å². The fourth-order valence-electron chi connectivity index (χ4n) is 0.409. The van der Waals surface area contributed by atoms with Crippen LogP contribution in [0.3, 0.4) is 0 Å². The molecule has 3 nitrogen and oxygen atoms in total. The van der Waals surface area contributed by atoms with E-state index < -0.39 is 21.4 Å². The van der Waals surface area contributed by atoms with E-state index in [1.54, 1.807) is 5.92 Å². The van der Waals surface area contributed by atoms with Crippen LogP contribution in [0.2, 0.25) is 0 Å². The Labute approximate surface area is 79.7 Å². The van der Waals surface area contributed by atoms with Gasteiger partial charge >= 0.3 is 15.6 Å². The van der Waals surface area contributed by atoms with Gasteiger partial charge in [-0.2, -0.15) is 21.6 Å². The first-order chi connectivity index (χ1) is 6.12. The summed E-state index contributed by atoms with van der Waals surface area (Å²) in [7, 11) is -5.65. The molecule has 0 aliphatic carbocycles. The molecule has 0 atom stereocenters. The lowest BCUT2D eigenvalue weighted by Crippen LogP contribution is -2.25. The number of rotatable bonds is 2. The molecule has 0 unspecified atom stereocenters. The van der Waals surface area contributed by atoms with Crippen molar-refractivity contribution in [1.82, 2.24) is 0 Å². The maximum atomic E-state index is 11.8. The van der Waals surface area contributed by atoms with Gasteiger partial charge in [-0.1, -0.05) is 0 Å². The third-order valence-corrected chi connectivity index (χ3v) is 2.01. The molecule has 0 aromatic rings. The second kappa shape index (κ2) is 3.92. The number of halogens is 3. The molecule has 0 heterocycles. The maximum Gasteiger partial charge on any atom is 0.534 e. The summed E-state index contributed by atoms with van der Waals surface area (Å²) in [5, 5.41) is 0. The quantitative estimate of drug-likeness (QED) is 0.313. The van der Waals surface area contributed by atoms with E-state index in [0.29, 0.717) is 0 Å². The Bertz CT molecular complexity index is 379. The van der Waals surface area contributed by atoms with E-state index in [-0.39, 0.29) is 5.57 Å². The SMILES string of the molecule is C#CC(OS(=O)(=O)C(F)(F)F)=C(C)C. The van der Waals surface area contributed by atoms with Crippen molar-refractivity contribution in [2.75, 3.05) is 0 Å². The van der Waals surface area contributed by atoms with E-state index in [1.807, 2.05) is 0 Å². The fraction of sp³-hybridized carbons (Fsp3) is 0.429. The highest BCUT2D eigenvalue weighted by atomic mass is 32.2. The normalized spacial score (nSPS) is 11.7. The van der Waals surface area contributed by atoms with E-state index in [4.69, 9.17) is 6.42 Å². The predicted molar refractivity (Wildman–Crippen MR) is 43.3 cm³/mol. The Kier molecular flexibility index (Phi) is 3.59. The van der Waals surface area contributed by atoms with Crippen molar-refractivity contribution < 1.29 is 25.8 Å². The summed E-state index contributed by atoms with van der Waals surface area (Å²) < 4.78 is 60.0. The molecule has 0 fully saturated rings. The Morgan fingerprint density at radius 1 is 1.36 bits per heavy atom. The van der Waals surface area contributed by atoms with E-state index in [0.717, 1.165) is 0 Å². The Hall–Kier alpha value is -1.16. The van der Waals surface area contributed by atoms with Gasteiger partial charge in [0.25, 0.3) is 0 Å². The van der Waals surface area contributed by atoms with Gasteiger partial charge in [-0.3, -0.25) is 0 Å². The Balaban J connectivity index is 5.09. The van der Waals surface area contributed by atoms with Crippen molar-refractivity contribution in [1.29, 1.82) is 0 Å². The van der Waals surface area contributed by atoms with Crippen molar-refractivity contribution in [3.05, 3.63) is 11.3 Å². The zero-order chi connectivity index (χ0) is 11.6. The fourth-order valence-corrected chi connectivity index (χ4v) is 0.937. The Morgan fingerprint density at radius 3 is 2.00 bits per heavy atom. The highest BCUT2D eigenvalue weighted by Gasteiger charge is 2.48. The molecule has 0 aliphatic rings. The summed E-state index contributed by atoms with van der Waals surface area (Å²) in [6.07, 6.45) is 4.76. The van der Waals surface area contributed by atoms with Crippen LogP contribution in [0, 0.1) is 12.3 Å². The van der Waals surface area contributed by atoms with Gasteiger partial charge < -0.3 is 4.18 Å². The van der Waals surface area contributed by atoms with Crippen molar-refractivity contribution in [2.45, 2.75) is 19.4 Å². The second-order valence-electron chi connectivity index (χ2n) is 2.46. The van der Waals surface area contributed by atoms with Crippen molar-refractivity contribution in [3.63, 3.8) is 0 Å². The summed E-state index contributed by atoms with van der Waals surface area (Å²) in [6.45, 7) is 2.67. The Morgan fingerprint density at radius 2 is 1.79 bits per heavy atom. The van der Waals surface area contributed by atoms with Gasteiger partial charge in [0.15, 0.2) is 5.76 Å². The minimum absolute atomic E-state index is 0.167. The molecular formula is C7H7F3O3S. The number of hydrogen-bond acceptors (Lipinski definition) is 3. The van der Waals surface area contributed by atoms with Crippen LogP contribution in [0.25, 0.3) is 0 Å². The average Bonchev–Trinajstić information content (AvgIpc) is 1.97. The smallest absolute Gasteiger partial charge is 0.367 e. The second-order valence-corrected chi connectivity index (χ2v) is 3.99. The molecule has 0 N–H and O–H groups in total. The summed E-state index contributed by atoms with van der Waals surface area (Å²) in [5.74, 6) is 1.06. The molecule has 0 spiro atoms. The minimum Gasteiger partial charge on any atom is -0.367 e. The standard InChI is InChI=1S/C7H7F3O3S/c1-4-6(5(2)3)13-14(11,12)7(8,9)10/h1H,2-3H3. The van der Waals surface area contributed by atoms with E-state index in [1.165, 1.54) is 13.8 Å². The topological polar surface area (TPSA) is 43.4 Å². The third-order valence-electron chi connectivity index (χ3n) is 1.06. The van der Waals surface area contributed by atoms with Crippen LogP contribution in [0.1, 0.15) is 13.8 Å². The van der Waals surface area contributed by atoms with Crippen LogP contribution in [-0.4, -0.2) is 13.9 Å². The van der Waals surface area contributed by atoms with E-state index in [9.17, 15) is 21.6 Å². The predicted octanol–water partition coefficient (Wildman–Crippen LogP) is 1.78. The van der Waals surface area contributed by atoms with Crippen molar-refractivity contribution in [3.8, 4) is 12.3 Å². The molecule has 80 valence electrons. The number of allylic oxidation sites excluding steroid dienone is 2. The number of alkyl halides is 3. The lowest BCUT2D eigenvalue weighted by molar-refractivity contribution is -0.0519. The largest absolute Gasteiger partial charge is 0.534 e. The highest BCUT2D eigenvalue weighted by molar-refractivity contribution is 7.87. The lowest BCUT2D eigenvalue weighted by atomic mass is 10.3. The zero-order valence-electron chi connectivity index (χ0n) is 7.34. The van der Waals surface area contributed by atoms with Crippen LogP contribution < -0.4 is 0 Å². The summed E-state index contributed by atoms with van der Waals surface area (Å²) in [6, 6.07) is 0.